The summed E-state index contributed by atoms with van der Waals surface area (Å²) >= 11 is 0. The fourth-order valence-electron chi connectivity index (χ4n) is 3.70. The van der Waals surface area contributed by atoms with Gasteiger partial charge in [0.15, 0.2) is 5.54 Å². The van der Waals surface area contributed by atoms with Crippen LogP contribution in [-0.4, -0.2) is 35.3 Å². The molecule has 0 aliphatic carbocycles. The molecule has 2 aromatic carbocycles. The van der Waals surface area contributed by atoms with Crippen LogP contribution in [0.5, 0.6) is 0 Å². The molecule has 0 N–H and O–H groups in total. The SMILES string of the molecule is C=CC1=CC(Cc2ccccc2)(C(=O)OC)N(C(=O)c2ccccc2)C(=O)/C1=C\C. The van der Waals surface area contributed by atoms with Gasteiger partial charge >= 0.3 is 5.97 Å². The number of ether oxygens (including phenoxy) is 1. The molecule has 1 atom stereocenters. The molecule has 1 aliphatic heterocycles. The maximum Gasteiger partial charge on any atom is 0.336 e. The highest BCUT2D eigenvalue weighted by molar-refractivity contribution is 6.17. The summed E-state index contributed by atoms with van der Waals surface area (Å²) in [6.45, 7) is 5.49. The van der Waals surface area contributed by atoms with Gasteiger partial charge in [-0.05, 0) is 36.3 Å². The van der Waals surface area contributed by atoms with Crippen molar-refractivity contribution in [2.45, 2.75) is 18.9 Å². The van der Waals surface area contributed by atoms with E-state index in [1.165, 1.54) is 13.2 Å². The zero-order valence-corrected chi connectivity index (χ0v) is 17.0. The lowest BCUT2D eigenvalue weighted by Crippen LogP contribution is -2.62. The number of allylic oxidation sites excluding steroid dienone is 2. The fraction of sp³-hybridized carbons (Fsp3) is 0.160. The van der Waals surface area contributed by atoms with E-state index in [2.05, 4.69) is 6.58 Å². The zero-order valence-electron chi connectivity index (χ0n) is 17.0. The largest absolute Gasteiger partial charge is 0.467 e. The molecular weight excluding hydrogens is 378 g/mol. The minimum absolute atomic E-state index is 0.0825. The smallest absolute Gasteiger partial charge is 0.336 e. The molecule has 0 radical (unpaired) electrons. The van der Waals surface area contributed by atoms with Crippen LogP contribution in [0.25, 0.3) is 0 Å². The molecule has 0 saturated carbocycles. The molecule has 5 nitrogen and oxygen atoms in total. The highest BCUT2D eigenvalue weighted by Crippen LogP contribution is 2.36. The van der Waals surface area contributed by atoms with E-state index >= 15 is 0 Å². The van der Waals surface area contributed by atoms with Gasteiger partial charge in [-0.1, -0.05) is 67.3 Å². The van der Waals surface area contributed by atoms with E-state index in [1.807, 2.05) is 30.3 Å². The van der Waals surface area contributed by atoms with Crippen molar-refractivity contribution in [3.8, 4) is 0 Å². The Kier molecular flexibility index (Phi) is 6.11. The van der Waals surface area contributed by atoms with Gasteiger partial charge in [0.25, 0.3) is 11.8 Å². The molecule has 30 heavy (non-hydrogen) atoms. The van der Waals surface area contributed by atoms with Crippen molar-refractivity contribution < 1.29 is 19.1 Å². The number of amides is 2. The number of imide groups is 1. The van der Waals surface area contributed by atoms with Crippen molar-refractivity contribution in [2.75, 3.05) is 7.11 Å². The topological polar surface area (TPSA) is 63.7 Å². The molecule has 3 rings (SSSR count). The van der Waals surface area contributed by atoms with Crippen LogP contribution in [0, 0.1) is 0 Å². The van der Waals surface area contributed by atoms with E-state index in [1.54, 1.807) is 49.4 Å². The minimum Gasteiger partial charge on any atom is -0.467 e. The molecule has 2 amide bonds. The maximum atomic E-state index is 13.5. The van der Waals surface area contributed by atoms with Crippen LogP contribution in [0.3, 0.4) is 0 Å². The van der Waals surface area contributed by atoms with Gasteiger partial charge in [-0.25, -0.2) is 4.79 Å². The Morgan fingerprint density at radius 2 is 1.67 bits per heavy atom. The Labute approximate surface area is 176 Å². The number of methoxy groups -OCH3 is 1. The first kappa shape index (κ1) is 21.0. The average Bonchev–Trinajstić information content (AvgIpc) is 2.79. The van der Waals surface area contributed by atoms with E-state index < -0.39 is 23.3 Å². The van der Waals surface area contributed by atoms with Crippen molar-refractivity contribution in [1.29, 1.82) is 0 Å². The van der Waals surface area contributed by atoms with Crippen LogP contribution in [-0.2, 0) is 20.7 Å². The van der Waals surface area contributed by atoms with Crippen LogP contribution in [0.15, 0.2) is 96.6 Å². The van der Waals surface area contributed by atoms with Crippen LogP contribution in [0.4, 0.5) is 0 Å². The third-order valence-corrected chi connectivity index (χ3v) is 5.13. The number of carbonyl (C=O) groups is 3. The monoisotopic (exact) mass is 401 g/mol. The summed E-state index contributed by atoms with van der Waals surface area (Å²) in [6, 6.07) is 17.6. The van der Waals surface area contributed by atoms with Gasteiger partial charge in [-0.15, -0.1) is 0 Å². The lowest BCUT2D eigenvalue weighted by molar-refractivity contribution is -0.155. The first-order valence-electron chi connectivity index (χ1n) is 9.56. The normalized spacial score (nSPS) is 19.9. The highest BCUT2D eigenvalue weighted by atomic mass is 16.5. The van der Waals surface area contributed by atoms with E-state index in [-0.39, 0.29) is 6.42 Å². The minimum atomic E-state index is -1.64. The van der Waals surface area contributed by atoms with Gasteiger partial charge < -0.3 is 4.74 Å². The Morgan fingerprint density at radius 3 is 2.20 bits per heavy atom. The summed E-state index contributed by atoms with van der Waals surface area (Å²) in [5, 5.41) is 0. The summed E-state index contributed by atoms with van der Waals surface area (Å²) in [5.74, 6) is -1.83. The van der Waals surface area contributed by atoms with Gasteiger partial charge in [0, 0.05) is 17.6 Å². The summed E-state index contributed by atoms with van der Waals surface area (Å²) in [5.41, 5.74) is 0.238. The number of hydrogen-bond acceptors (Lipinski definition) is 4. The number of esters is 1. The number of nitrogens with zero attached hydrogens (tertiary/aromatic N) is 1. The lowest BCUT2D eigenvalue weighted by Gasteiger charge is -2.42. The molecule has 0 bridgehead atoms. The summed E-state index contributed by atoms with van der Waals surface area (Å²) < 4.78 is 5.11. The molecule has 1 unspecified atom stereocenters. The van der Waals surface area contributed by atoms with Crippen LogP contribution < -0.4 is 0 Å². The molecule has 5 heteroatoms. The van der Waals surface area contributed by atoms with Gasteiger partial charge in [-0.3, -0.25) is 14.5 Å². The Morgan fingerprint density at radius 1 is 1.07 bits per heavy atom. The molecule has 0 saturated heterocycles. The van der Waals surface area contributed by atoms with Crippen LogP contribution in [0.1, 0.15) is 22.8 Å². The van der Waals surface area contributed by atoms with Gasteiger partial charge in [0.1, 0.15) is 0 Å². The molecule has 0 fully saturated rings. The van der Waals surface area contributed by atoms with E-state index in [4.69, 9.17) is 4.74 Å². The molecule has 0 aromatic heterocycles. The maximum absolute atomic E-state index is 13.5. The number of hydrogen-bond donors (Lipinski definition) is 0. The predicted octanol–water partition coefficient (Wildman–Crippen LogP) is 3.88. The summed E-state index contributed by atoms with van der Waals surface area (Å²) in [4.78, 5) is 41.2. The summed E-state index contributed by atoms with van der Waals surface area (Å²) in [6.07, 6.45) is 4.82. The Hall–Kier alpha value is -3.73. The van der Waals surface area contributed by atoms with Gasteiger partial charge in [0.05, 0.1) is 7.11 Å². The van der Waals surface area contributed by atoms with Crippen molar-refractivity contribution in [3.63, 3.8) is 0 Å². The molecule has 1 aliphatic rings. The Balaban J connectivity index is 2.29. The first-order chi connectivity index (χ1) is 14.5. The van der Waals surface area contributed by atoms with Crippen molar-refractivity contribution >= 4 is 17.8 Å². The van der Waals surface area contributed by atoms with Gasteiger partial charge in [-0.2, -0.15) is 0 Å². The second-order valence-electron chi connectivity index (χ2n) is 6.90. The fourth-order valence-corrected chi connectivity index (χ4v) is 3.70. The number of rotatable bonds is 5. The third-order valence-electron chi connectivity index (χ3n) is 5.13. The second-order valence-corrected chi connectivity index (χ2v) is 6.90. The quantitative estimate of drug-likeness (QED) is 0.433. The highest BCUT2D eigenvalue weighted by Gasteiger charge is 2.53. The van der Waals surface area contributed by atoms with E-state index in [0.29, 0.717) is 16.7 Å². The number of benzene rings is 2. The Bertz CT molecular complexity index is 1040. The average molecular weight is 401 g/mol. The van der Waals surface area contributed by atoms with Crippen molar-refractivity contribution in [3.05, 3.63) is 108 Å². The molecule has 152 valence electrons. The first-order valence-corrected chi connectivity index (χ1v) is 9.56. The standard InChI is InChI=1S/C25H23NO4/c1-4-19-17-25(24(29)30-3,16-18-12-8-6-9-13-18)26(23(28)21(19)5-2)22(27)20-14-10-7-11-15-20/h4-15,17H,1,16H2,2-3H3/b21-5-. The molecule has 2 aromatic rings. The second kappa shape index (κ2) is 8.74. The third kappa shape index (κ3) is 3.62. The van der Waals surface area contributed by atoms with Crippen molar-refractivity contribution in [2.24, 2.45) is 0 Å². The van der Waals surface area contributed by atoms with Crippen LogP contribution >= 0.6 is 0 Å². The van der Waals surface area contributed by atoms with Crippen molar-refractivity contribution in [1.82, 2.24) is 4.90 Å². The van der Waals surface area contributed by atoms with E-state index in [9.17, 15) is 14.4 Å². The number of carbonyl (C=O) groups excluding carboxylic acids is 3. The predicted molar refractivity (Wildman–Crippen MR) is 115 cm³/mol. The lowest BCUT2D eigenvalue weighted by atomic mass is 9.80. The van der Waals surface area contributed by atoms with Gasteiger partial charge in [0.2, 0.25) is 0 Å². The summed E-state index contributed by atoms with van der Waals surface area (Å²) in [7, 11) is 1.25. The molecule has 0 spiro atoms. The molecule has 1 heterocycles. The van der Waals surface area contributed by atoms with Crippen LogP contribution in [0.2, 0.25) is 0 Å². The zero-order chi connectivity index (χ0) is 21.7. The van der Waals surface area contributed by atoms with E-state index in [0.717, 1.165) is 10.5 Å². The molecular formula is C25H23NO4.